The van der Waals surface area contributed by atoms with Crippen LogP contribution in [0.4, 0.5) is 0 Å². The highest BCUT2D eigenvalue weighted by Gasteiger charge is 2.23. The number of rotatable bonds is 7. The van der Waals surface area contributed by atoms with Crippen LogP contribution >= 0.6 is 7.82 Å². The molecule has 0 unspecified atom stereocenters. The maximum absolute atomic E-state index is 10.6. The molecule has 0 spiro atoms. The number of aliphatic carboxylic acids is 1. The second-order valence-electron chi connectivity index (χ2n) is 2.81. The number of carboxylic acids is 1. The van der Waals surface area contributed by atoms with Gasteiger partial charge >= 0.3 is 5.97 Å². The molecule has 0 bridgehead atoms. The van der Waals surface area contributed by atoms with Crippen LogP contribution in [0.2, 0.25) is 0 Å². The Hall–Kier alpha value is -0.830. The molecule has 9 nitrogen and oxygen atoms in total. The Morgan fingerprint density at radius 1 is 1.25 bits per heavy atom. The zero-order valence-corrected chi connectivity index (χ0v) is 8.70. The summed E-state index contributed by atoms with van der Waals surface area (Å²) in [5, 5.41) is 26.2. The maximum atomic E-state index is 10.6. The molecule has 2 atom stereocenters. The highest BCUT2D eigenvalue weighted by atomic mass is 31.2. The van der Waals surface area contributed by atoms with Gasteiger partial charge in [0.2, 0.25) is 5.78 Å². The molecule has 0 aromatic carbocycles. The summed E-state index contributed by atoms with van der Waals surface area (Å²) in [7, 11) is -5.28. The van der Waals surface area contributed by atoms with E-state index in [2.05, 4.69) is 4.52 Å². The van der Waals surface area contributed by atoms with Gasteiger partial charge < -0.3 is 34.2 Å². The number of phosphoric acid groups is 1. The molecule has 0 aromatic heterocycles. The monoisotopic (exact) mass is 256 g/mol. The molecular formula is C6H9O9P-2. The fourth-order valence-corrected chi connectivity index (χ4v) is 1.03. The number of hydrogen-bond donors (Lipinski definition) is 3. The van der Waals surface area contributed by atoms with Crippen LogP contribution in [-0.4, -0.2) is 45.9 Å². The second-order valence-corrected chi connectivity index (χ2v) is 3.96. The van der Waals surface area contributed by atoms with Crippen molar-refractivity contribution in [1.82, 2.24) is 0 Å². The predicted octanol–water partition coefficient (Wildman–Crippen LogP) is -3.40. The number of carbonyl (C=O) groups excluding carboxylic acids is 1. The van der Waals surface area contributed by atoms with Gasteiger partial charge in [-0.05, 0) is 0 Å². The molecule has 0 amide bonds. The van der Waals surface area contributed by atoms with Crippen molar-refractivity contribution in [3.8, 4) is 0 Å². The fourth-order valence-electron chi connectivity index (χ4n) is 0.692. The van der Waals surface area contributed by atoms with Crippen LogP contribution in [-0.2, 0) is 18.7 Å². The SMILES string of the molecule is O=C(O)C(=O)C[C@@H](O)[C@H](O)COP(=O)([O-])[O-]. The van der Waals surface area contributed by atoms with Gasteiger partial charge in [-0.1, -0.05) is 0 Å². The van der Waals surface area contributed by atoms with E-state index < -0.39 is 44.8 Å². The minimum absolute atomic E-state index is 0.915. The van der Waals surface area contributed by atoms with Crippen molar-refractivity contribution in [2.75, 3.05) is 6.61 Å². The van der Waals surface area contributed by atoms with Crippen LogP contribution in [0.15, 0.2) is 0 Å². The van der Waals surface area contributed by atoms with E-state index in [1.54, 1.807) is 0 Å². The summed E-state index contributed by atoms with van der Waals surface area (Å²) in [6, 6.07) is 0. The van der Waals surface area contributed by atoms with Crippen molar-refractivity contribution in [2.45, 2.75) is 18.6 Å². The molecule has 3 N–H and O–H groups in total. The molecule has 16 heavy (non-hydrogen) atoms. The highest BCUT2D eigenvalue weighted by Crippen LogP contribution is 2.24. The molecule has 10 heteroatoms. The summed E-state index contributed by atoms with van der Waals surface area (Å²) in [5.41, 5.74) is 0. The summed E-state index contributed by atoms with van der Waals surface area (Å²) < 4.78 is 13.6. The van der Waals surface area contributed by atoms with Gasteiger partial charge in [0.15, 0.2) is 0 Å². The quantitative estimate of drug-likeness (QED) is 0.310. The molecule has 0 aliphatic carbocycles. The molecule has 0 saturated carbocycles. The lowest BCUT2D eigenvalue weighted by atomic mass is 10.1. The van der Waals surface area contributed by atoms with E-state index in [4.69, 9.17) is 15.3 Å². The van der Waals surface area contributed by atoms with Crippen LogP contribution in [0.25, 0.3) is 0 Å². The number of aliphatic hydroxyl groups is 2. The zero-order chi connectivity index (χ0) is 12.9. The summed E-state index contributed by atoms with van der Waals surface area (Å²) in [6.07, 6.45) is -4.59. The normalized spacial score (nSPS) is 15.5. The van der Waals surface area contributed by atoms with E-state index in [9.17, 15) is 23.9 Å². The Kier molecular flexibility index (Phi) is 5.73. The lowest BCUT2D eigenvalue weighted by Gasteiger charge is -2.30. The summed E-state index contributed by atoms with van der Waals surface area (Å²) in [5.74, 6) is -3.16. The molecule has 94 valence electrons. The van der Waals surface area contributed by atoms with Crippen molar-refractivity contribution in [1.29, 1.82) is 0 Å². The molecule has 0 aliphatic rings. The standard InChI is InChI=1S/C6H11O9P/c7-3(1-4(8)6(10)11)5(9)2-15-16(12,13)14/h3,5,7,9H,1-2H2,(H,10,11)(H2,12,13,14)/p-2/t3-,5-/m1/s1. The van der Waals surface area contributed by atoms with E-state index in [0.29, 0.717) is 0 Å². The van der Waals surface area contributed by atoms with E-state index in [-0.39, 0.29) is 0 Å². The first kappa shape index (κ1) is 15.2. The first-order valence-electron chi connectivity index (χ1n) is 3.92. The zero-order valence-electron chi connectivity index (χ0n) is 7.81. The van der Waals surface area contributed by atoms with E-state index >= 15 is 0 Å². The lowest BCUT2D eigenvalue weighted by molar-refractivity contribution is -0.343. The first-order valence-corrected chi connectivity index (χ1v) is 5.38. The number of ketones is 1. The van der Waals surface area contributed by atoms with Crippen LogP contribution in [0, 0.1) is 0 Å². The van der Waals surface area contributed by atoms with Gasteiger partial charge in [-0.3, -0.25) is 4.79 Å². The molecule has 0 rings (SSSR count). The fraction of sp³-hybridized carbons (Fsp3) is 0.667. The van der Waals surface area contributed by atoms with Crippen LogP contribution in [0.5, 0.6) is 0 Å². The number of hydrogen-bond acceptors (Lipinski definition) is 8. The van der Waals surface area contributed by atoms with Crippen molar-refractivity contribution < 1.29 is 43.8 Å². The molecule has 0 aromatic rings. The van der Waals surface area contributed by atoms with Crippen molar-refractivity contribution in [3.05, 3.63) is 0 Å². The second kappa shape index (κ2) is 6.04. The Morgan fingerprint density at radius 3 is 2.12 bits per heavy atom. The van der Waals surface area contributed by atoms with Gasteiger partial charge in [-0.15, -0.1) is 0 Å². The van der Waals surface area contributed by atoms with Gasteiger partial charge in [0.25, 0.3) is 0 Å². The third-order valence-corrected chi connectivity index (χ3v) is 1.95. The van der Waals surface area contributed by atoms with Crippen molar-refractivity contribution in [2.24, 2.45) is 0 Å². The number of carboxylic acid groups (broad SMARTS) is 1. The molecule has 0 radical (unpaired) electrons. The Morgan fingerprint density at radius 2 is 1.75 bits per heavy atom. The molecular weight excluding hydrogens is 247 g/mol. The van der Waals surface area contributed by atoms with Crippen molar-refractivity contribution in [3.63, 3.8) is 0 Å². The summed E-state index contributed by atoms with van der Waals surface area (Å²) >= 11 is 0. The number of carbonyl (C=O) groups is 2. The first-order chi connectivity index (χ1) is 7.13. The molecule has 0 fully saturated rings. The van der Waals surface area contributed by atoms with E-state index in [0.717, 1.165) is 0 Å². The molecule has 0 heterocycles. The third-order valence-electron chi connectivity index (χ3n) is 1.48. The largest absolute Gasteiger partial charge is 0.790 e. The minimum Gasteiger partial charge on any atom is -0.790 e. The topological polar surface area (TPSA) is 167 Å². The van der Waals surface area contributed by atoms with E-state index in [1.165, 1.54) is 0 Å². The van der Waals surface area contributed by atoms with Gasteiger partial charge in [-0.25, -0.2) is 4.79 Å². The van der Waals surface area contributed by atoms with Crippen molar-refractivity contribution >= 4 is 19.6 Å². The number of aliphatic hydroxyl groups excluding tert-OH is 2. The Labute approximate surface area is 89.5 Å². The molecule has 0 aliphatic heterocycles. The van der Waals surface area contributed by atoms with Crippen LogP contribution in [0.1, 0.15) is 6.42 Å². The Bertz CT molecular complexity index is 307. The van der Waals surface area contributed by atoms with Gasteiger partial charge in [-0.2, -0.15) is 0 Å². The average Bonchev–Trinajstić information content (AvgIpc) is 2.12. The maximum Gasteiger partial charge on any atom is 0.372 e. The van der Waals surface area contributed by atoms with E-state index in [1.807, 2.05) is 0 Å². The lowest BCUT2D eigenvalue weighted by Crippen LogP contribution is -2.35. The van der Waals surface area contributed by atoms with Gasteiger partial charge in [0.05, 0.1) is 20.5 Å². The molecule has 0 saturated heterocycles. The smallest absolute Gasteiger partial charge is 0.372 e. The van der Waals surface area contributed by atoms with Gasteiger partial charge in [0.1, 0.15) is 6.10 Å². The minimum atomic E-state index is -5.28. The predicted molar refractivity (Wildman–Crippen MR) is 42.8 cm³/mol. The summed E-state index contributed by atoms with van der Waals surface area (Å²) in [6.45, 7) is -1.04. The summed E-state index contributed by atoms with van der Waals surface area (Å²) in [4.78, 5) is 40.6. The number of Topliss-reactive ketones (excluding diaryl/α,β-unsaturated/α-hetero) is 1. The number of phosphoric ester groups is 1. The highest BCUT2D eigenvalue weighted by molar-refractivity contribution is 7.43. The van der Waals surface area contributed by atoms with Crippen LogP contribution in [0.3, 0.4) is 0 Å². The third kappa shape index (κ3) is 6.62. The van der Waals surface area contributed by atoms with Gasteiger partial charge in [0, 0.05) is 6.42 Å². The Balaban J connectivity index is 4.09. The van der Waals surface area contributed by atoms with Crippen LogP contribution < -0.4 is 9.79 Å². The average molecular weight is 256 g/mol.